The number of aromatic nitrogens is 2. The van der Waals surface area contributed by atoms with Gasteiger partial charge in [0.1, 0.15) is 0 Å². The number of ether oxygens (including phenoxy) is 2. The number of nitrogens with one attached hydrogen (secondary N) is 1. The van der Waals surface area contributed by atoms with E-state index in [4.69, 9.17) is 9.47 Å². The van der Waals surface area contributed by atoms with Crippen LogP contribution in [0.5, 0.6) is 0 Å². The van der Waals surface area contributed by atoms with E-state index in [9.17, 15) is 9.90 Å². The molecule has 2 aromatic heterocycles. The van der Waals surface area contributed by atoms with Crippen LogP contribution in [0.1, 0.15) is 46.4 Å². The summed E-state index contributed by atoms with van der Waals surface area (Å²) < 4.78 is 13.0. The molecule has 5 rings (SSSR count). The maximum absolute atomic E-state index is 12.5. The number of hydrogen-bond acceptors (Lipinski definition) is 7. The summed E-state index contributed by atoms with van der Waals surface area (Å²) in [6.07, 6.45) is 4.09. The van der Waals surface area contributed by atoms with Gasteiger partial charge in [-0.25, -0.2) is 4.98 Å². The monoisotopic (exact) mass is 527 g/mol. The number of aliphatic hydroxyl groups excluding tert-OH is 1. The number of rotatable bonds is 8. The van der Waals surface area contributed by atoms with Crippen LogP contribution < -0.4 is 5.32 Å². The number of anilines is 1. The zero-order chi connectivity index (χ0) is 26.3. The summed E-state index contributed by atoms with van der Waals surface area (Å²) in [5.74, 6) is 0.589. The lowest BCUT2D eigenvalue weighted by Crippen LogP contribution is -2.38. The minimum absolute atomic E-state index is 0.000105. The summed E-state index contributed by atoms with van der Waals surface area (Å²) in [5.41, 5.74) is 3.92. The number of benzene rings is 2. The zero-order valence-electron chi connectivity index (χ0n) is 20.9. The molecular weight excluding hydrogens is 498 g/mol. The van der Waals surface area contributed by atoms with E-state index in [2.05, 4.69) is 22.2 Å². The first-order valence-corrected chi connectivity index (χ1v) is 13.4. The molecule has 0 aliphatic carbocycles. The number of aliphatic hydroxyl groups is 1. The van der Waals surface area contributed by atoms with E-state index in [0.29, 0.717) is 11.3 Å². The molecule has 1 saturated heterocycles. The van der Waals surface area contributed by atoms with Gasteiger partial charge in [0.05, 0.1) is 29.4 Å². The van der Waals surface area contributed by atoms with Crippen LogP contribution in [0.15, 0.2) is 102 Å². The number of carbonyl (C=O) groups excluding carboxylic acids is 1. The van der Waals surface area contributed by atoms with E-state index in [1.165, 1.54) is 6.20 Å². The molecule has 3 heterocycles. The number of nitrogens with zero attached hydrogens (tertiary/aromatic N) is 2. The van der Waals surface area contributed by atoms with Crippen molar-refractivity contribution in [1.82, 2.24) is 9.97 Å². The minimum Gasteiger partial charge on any atom is -0.392 e. The van der Waals surface area contributed by atoms with E-state index in [-0.39, 0.29) is 30.6 Å². The zero-order valence-corrected chi connectivity index (χ0v) is 21.8. The highest BCUT2D eigenvalue weighted by molar-refractivity contribution is 7.99. The smallest absolute Gasteiger partial charge is 0.257 e. The van der Waals surface area contributed by atoms with E-state index in [1.807, 2.05) is 66.7 Å². The molecule has 1 aliphatic rings. The quantitative estimate of drug-likeness (QED) is 0.280. The SMILES string of the molecule is CC1C(CSc2ccccn2)OC(c2ccc(NC(=O)c3cccnc3)cc2)OC1c1ccc(CO)cc1. The molecular formula is C30H29N3O4S. The number of pyridine rings is 2. The number of thioether (sulfide) groups is 1. The summed E-state index contributed by atoms with van der Waals surface area (Å²) in [7, 11) is 0. The van der Waals surface area contributed by atoms with Crippen LogP contribution >= 0.6 is 11.8 Å². The van der Waals surface area contributed by atoms with E-state index >= 15 is 0 Å². The van der Waals surface area contributed by atoms with Crippen molar-refractivity contribution >= 4 is 23.4 Å². The van der Waals surface area contributed by atoms with Crippen LogP contribution in [0, 0.1) is 5.92 Å². The van der Waals surface area contributed by atoms with Crippen molar-refractivity contribution in [2.24, 2.45) is 5.92 Å². The van der Waals surface area contributed by atoms with Gasteiger partial charge in [0.25, 0.3) is 5.91 Å². The first-order chi connectivity index (χ1) is 18.6. The summed E-state index contributed by atoms with van der Waals surface area (Å²) in [4.78, 5) is 20.9. The highest BCUT2D eigenvalue weighted by Crippen LogP contribution is 2.43. The Bertz CT molecular complexity index is 1320. The average molecular weight is 528 g/mol. The maximum atomic E-state index is 12.5. The molecule has 194 valence electrons. The lowest BCUT2D eigenvalue weighted by Gasteiger charge is -2.41. The van der Waals surface area contributed by atoms with E-state index < -0.39 is 6.29 Å². The van der Waals surface area contributed by atoms with Crippen molar-refractivity contribution in [3.8, 4) is 0 Å². The van der Waals surface area contributed by atoms with Gasteiger partial charge in [-0.15, -0.1) is 11.8 Å². The molecule has 0 spiro atoms. The maximum Gasteiger partial charge on any atom is 0.257 e. The van der Waals surface area contributed by atoms with Gasteiger partial charge in [0.2, 0.25) is 0 Å². The number of hydrogen-bond donors (Lipinski definition) is 2. The van der Waals surface area contributed by atoms with E-state index in [1.54, 1.807) is 36.3 Å². The molecule has 7 nitrogen and oxygen atoms in total. The molecule has 4 atom stereocenters. The van der Waals surface area contributed by atoms with E-state index in [0.717, 1.165) is 27.5 Å². The molecule has 1 aliphatic heterocycles. The Hall–Kier alpha value is -3.56. The largest absolute Gasteiger partial charge is 0.392 e. The lowest BCUT2D eigenvalue weighted by molar-refractivity contribution is -0.268. The Morgan fingerprint density at radius 1 is 0.947 bits per heavy atom. The van der Waals surface area contributed by atoms with Crippen LogP contribution in [0.3, 0.4) is 0 Å². The van der Waals surface area contributed by atoms with Crippen molar-refractivity contribution in [1.29, 1.82) is 0 Å². The summed E-state index contributed by atoms with van der Waals surface area (Å²) in [6, 6.07) is 24.7. The fourth-order valence-electron chi connectivity index (χ4n) is 4.33. The second-order valence-electron chi connectivity index (χ2n) is 9.12. The Morgan fingerprint density at radius 2 is 1.74 bits per heavy atom. The normalized spacial score (nSPS) is 21.1. The van der Waals surface area contributed by atoms with Crippen LogP contribution in [-0.4, -0.2) is 32.8 Å². The predicted octanol–water partition coefficient (Wildman–Crippen LogP) is 5.80. The third kappa shape index (κ3) is 6.28. The number of carbonyl (C=O) groups is 1. The lowest BCUT2D eigenvalue weighted by atomic mass is 9.91. The fourth-order valence-corrected chi connectivity index (χ4v) is 5.36. The van der Waals surface area contributed by atoms with Crippen molar-refractivity contribution < 1.29 is 19.4 Å². The second kappa shape index (κ2) is 12.3. The van der Waals surface area contributed by atoms with Crippen LogP contribution in [0.25, 0.3) is 0 Å². The molecule has 2 aromatic carbocycles. The topological polar surface area (TPSA) is 93.6 Å². The second-order valence-corrected chi connectivity index (χ2v) is 10.2. The van der Waals surface area contributed by atoms with Crippen LogP contribution in [0.2, 0.25) is 0 Å². The van der Waals surface area contributed by atoms with Gasteiger partial charge < -0.3 is 19.9 Å². The Morgan fingerprint density at radius 3 is 2.42 bits per heavy atom. The minimum atomic E-state index is -0.578. The van der Waals surface area contributed by atoms with Gasteiger partial charge in [-0.2, -0.15) is 0 Å². The first-order valence-electron chi connectivity index (χ1n) is 12.5. The molecule has 0 saturated carbocycles. The predicted molar refractivity (Wildman–Crippen MR) is 147 cm³/mol. The fraction of sp³-hybridized carbons (Fsp3) is 0.233. The Kier molecular flexibility index (Phi) is 8.45. The van der Waals surface area contributed by atoms with Crippen molar-refractivity contribution in [3.05, 3.63) is 120 Å². The van der Waals surface area contributed by atoms with Gasteiger partial charge in [-0.1, -0.05) is 49.4 Å². The van der Waals surface area contributed by atoms with Gasteiger partial charge >= 0.3 is 0 Å². The molecule has 8 heteroatoms. The molecule has 0 bridgehead atoms. The molecule has 4 unspecified atom stereocenters. The third-order valence-corrected chi connectivity index (χ3v) is 7.55. The Balaban J connectivity index is 1.34. The molecule has 1 fully saturated rings. The first kappa shape index (κ1) is 26.1. The third-order valence-electron chi connectivity index (χ3n) is 6.52. The highest BCUT2D eigenvalue weighted by Gasteiger charge is 2.38. The molecule has 2 N–H and O–H groups in total. The van der Waals surface area contributed by atoms with Gasteiger partial charge in [-0.3, -0.25) is 9.78 Å². The Labute approximate surface area is 226 Å². The molecule has 1 amide bonds. The summed E-state index contributed by atoms with van der Waals surface area (Å²) in [5, 5.41) is 13.3. The van der Waals surface area contributed by atoms with Crippen molar-refractivity contribution in [2.75, 3.05) is 11.1 Å². The van der Waals surface area contributed by atoms with Gasteiger partial charge in [0.15, 0.2) is 6.29 Å². The van der Waals surface area contributed by atoms with Gasteiger partial charge in [-0.05, 0) is 47.5 Å². The number of amides is 1. The van der Waals surface area contributed by atoms with Crippen molar-refractivity contribution in [2.45, 2.75) is 37.1 Å². The van der Waals surface area contributed by atoms with Gasteiger partial charge in [0, 0.05) is 41.5 Å². The average Bonchev–Trinajstić information content (AvgIpc) is 2.98. The van der Waals surface area contributed by atoms with Crippen molar-refractivity contribution in [3.63, 3.8) is 0 Å². The van der Waals surface area contributed by atoms with Crippen LogP contribution in [-0.2, 0) is 16.1 Å². The van der Waals surface area contributed by atoms with Crippen LogP contribution in [0.4, 0.5) is 5.69 Å². The molecule has 0 radical (unpaired) electrons. The molecule has 4 aromatic rings. The molecule has 38 heavy (non-hydrogen) atoms. The summed E-state index contributed by atoms with van der Waals surface area (Å²) in [6.45, 7) is 2.14. The summed E-state index contributed by atoms with van der Waals surface area (Å²) >= 11 is 1.66. The highest BCUT2D eigenvalue weighted by atomic mass is 32.2. The standard InChI is InChI=1S/C30H29N3O4S/c1-20-26(19-38-27-6-2-3-16-32-27)36-30(37-28(20)22-9-7-21(18-34)8-10-22)23-11-13-25(14-12-23)33-29(35)24-5-4-15-31-17-24/h2-17,20,26,28,30,34H,18-19H2,1H3,(H,33,35).